The number of benzene rings is 1. The van der Waals surface area contributed by atoms with Gasteiger partial charge in [0.2, 0.25) is 0 Å². The number of aromatic nitrogens is 5. The molecule has 0 atom stereocenters. The minimum atomic E-state index is -3.31. The van der Waals surface area contributed by atoms with E-state index in [1.807, 2.05) is 18.5 Å². The van der Waals surface area contributed by atoms with Crippen molar-refractivity contribution in [2.24, 2.45) is 0 Å². The molecule has 30 heavy (non-hydrogen) atoms. The molecule has 0 saturated heterocycles. The van der Waals surface area contributed by atoms with E-state index in [-0.39, 0.29) is 0 Å². The van der Waals surface area contributed by atoms with Crippen molar-refractivity contribution in [3.8, 4) is 22.4 Å². The number of hydrogen-bond donors (Lipinski definition) is 2. The molecule has 0 aliphatic heterocycles. The second-order valence-electron chi connectivity index (χ2n) is 7.41. The van der Waals surface area contributed by atoms with Gasteiger partial charge in [-0.1, -0.05) is 12.1 Å². The Hall–Kier alpha value is -3.52. The van der Waals surface area contributed by atoms with Crippen LogP contribution in [0.2, 0.25) is 0 Å². The van der Waals surface area contributed by atoms with Gasteiger partial charge in [0.25, 0.3) is 0 Å². The lowest BCUT2D eigenvalue weighted by molar-refractivity contribution is 0.587. The van der Waals surface area contributed by atoms with Crippen molar-refractivity contribution < 1.29 is 8.42 Å². The first-order chi connectivity index (χ1) is 14.4. The highest BCUT2D eigenvalue weighted by Crippen LogP contribution is 2.30. The average Bonchev–Trinajstić information content (AvgIpc) is 3.39. The predicted molar refractivity (Wildman–Crippen MR) is 117 cm³/mol. The van der Waals surface area contributed by atoms with E-state index in [1.54, 1.807) is 50.5 Å². The number of aromatic amines is 2. The molecule has 0 aliphatic carbocycles. The Morgan fingerprint density at radius 2 is 1.67 bits per heavy atom. The zero-order chi connectivity index (χ0) is 20.9. The summed E-state index contributed by atoms with van der Waals surface area (Å²) in [6.45, 7) is 3.35. The molecule has 0 fully saturated rings. The maximum Gasteiger partial charge on any atom is 0.180 e. The molecule has 5 rings (SSSR count). The molecule has 8 heteroatoms. The third kappa shape index (κ3) is 2.96. The molecule has 4 heterocycles. The molecule has 0 amide bonds. The Labute approximate surface area is 173 Å². The fourth-order valence-electron chi connectivity index (χ4n) is 3.43. The highest BCUT2D eigenvalue weighted by Gasteiger charge is 2.19. The maximum absolute atomic E-state index is 12.4. The van der Waals surface area contributed by atoms with Gasteiger partial charge in [-0.05, 0) is 38.1 Å². The minimum absolute atomic E-state index is 0.309. The lowest BCUT2D eigenvalue weighted by Gasteiger charge is -2.08. The fraction of sp³-hybridized carbons (Fsp3) is 0.136. The highest BCUT2D eigenvalue weighted by atomic mass is 32.2. The van der Waals surface area contributed by atoms with Gasteiger partial charge in [-0.2, -0.15) is 0 Å². The standard InChI is InChI=1S/C22H19N5O2S/c1-13(2)30(28,29)17-5-3-14(4-6-17)19-12-26-22-20(27-19)18(11-25-22)16-9-15-7-8-23-21(15)24-10-16/h3-13H,1-2H3,(H,23,24)(H,25,26). The molecule has 5 aromatic rings. The number of nitrogens with zero attached hydrogens (tertiary/aromatic N) is 3. The van der Waals surface area contributed by atoms with Crippen molar-refractivity contribution in [3.63, 3.8) is 0 Å². The van der Waals surface area contributed by atoms with Crippen LogP contribution in [0.3, 0.4) is 0 Å². The smallest absolute Gasteiger partial charge is 0.180 e. The van der Waals surface area contributed by atoms with Crippen molar-refractivity contribution in [1.29, 1.82) is 0 Å². The number of sulfone groups is 1. The quantitative estimate of drug-likeness (QED) is 0.452. The van der Waals surface area contributed by atoms with Crippen LogP contribution in [0.25, 0.3) is 44.6 Å². The fourth-order valence-corrected chi connectivity index (χ4v) is 4.48. The minimum Gasteiger partial charge on any atom is -0.346 e. The number of H-pyrrole nitrogens is 2. The molecule has 150 valence electrons. The van der Waals surface area contributed by atoms with Gasteiger partial charge in [0, 0.05) is 40.7 Å². The summed E-state index contributed by atoms with van der Waals surface area (Å²) in [6.07, 6.45) is 7.23. The molecule has 7 nitrogen and oxygen atoms in total. The second-order valence-corrected chi connectivity index (χ2v) is 9.92. The summed E-state index contributed by atoms with van der Waals surface area (Å²) in [5.41, 5.74) is 5.59. The summed E-state index contributed by atoms with van der Waals surface area (Å²) in [7, 11) is -3.31. The van der Waals surface area contributed by atoms with Gasteiger partial charge in [0.15, 0.2) is 15.5 Å². The number of rotatable bonds is 4. The molecule has 0 bridgehead atoms. The molecule has 4 aromatic heterocycles. The third-order valence-electron chi connectivity index (χ3n) is 5.19. The van der Waals surface area contributed by atoms with Gasteiger partial charge < -0.3 is 9.97 Å². The average molecular weight is 417 g/mol. The van der Waals surface area contributed by atoms with E-state index in [0.717, 1.165) is 33.2 Å². The van der Waals surface area contributed by atoms with Gasteiger partial charge in [-0.15, -0.1) is 0 Å². The normalized spacial score (nSPS) is 12.2. The van der Waals surface area contributed by atoms with Gasteiger partial charge >= 0.3 is 0 Å². The predicted octanol–water partition coefficient (Wildman–Crippen LogP) is 4.35. The van der Waals surface area contributed by atoms with Crippen LogP contribution in [0.15, 0.2) is 66.1 Å². The van der Waals surface area contributed by atoms with E-state index in [9.17, 15) is 8.42 Å². The van der Waals surface area contributed by atoms with Crippen LogP contribution in [0.5, 0.6) is 0 Å². The molecular weight excluding hydrogens is 398 g/mol. The molecular formula is C22H19N5O2S. The highest BCUT2D eigenvalue weighted by molar-refractivity contribution is 7.92. The SMILES string of the molecule is CC(C)S(=O)(=O)c1ccc(-c2cnc3[nH]cc(-c4cnc5[nH]ccc5c4)c3n2)cc1. The van der Waals surface area contributed by atoms with Gasteiger partial charge in [0.05, 0.1) is 22.0 Å². The molecule has 1 aromatic carbocycles. The third-order valence-corrected chi connectivity index (χ3v) is 7.36. The Kier molecular flexibility index (Phi) is 4.18. The second kappa shape index (κ2) is 6.77. The zero-order valence-corrected chi connectivity index (χ0v) is 17.2. The zero-order valence-electron chi connectivity index (χ0n) is 16.4. The number of fused-ring (bicyclic) bond motifs is 2. The number of pyridine rings is 1. The molecule has 2 N–H and O–H groups in total. The van der Waals surface area contributed by atoms with E-state index >= 15 is 0 Å². The Bertz CT molecular complexity index is 1480. The van der Waals surface area contributed by atoms with E-state index in [1.165, 1.54) is 0 Å². The van der Waals surface area contributed by atoms with Crippen molar-refractivity contribution in [3.05, 3.63) is 61.2 Å². The van der Waals surface area contributed by atoms with Gasteiger partial charge in [0.1, 0.15) is 11.2 Å². The summed E-state index contributed by atoms with van der Waals surface area (Å²) in [5.74, 6) is 0. The summed E-state index contributed by atoms with van der Waals surface area (Å²) >= 11 is 0. The van der Waals surface area contributed by atoms with Crippen LogP contribution in [0, 0.1) is 0 Å². The molecule has 0 spiro atoms. The monoisotopic (exact) mass is 417 g/mol. The van der Waals surface area contributed by atoms with Crippen LogP contribution < -0.4 is 0 Å². The summed E-state index contributed by atoms with van der Waals surface area (Å²) < 4.78 is 24.7. The van der Waals surface area contributed by atoms with Crippen LogP contribution in [-0.4, -0.2) is 38.6 Å². The summed E-state index contributed by atoms with van der Waals surface area (Å²) in [5, 5.41) is 0.556. The van der Waals surface area contributed by atoms with E-state index < -0.39 is 15.1 Å². The first kappa shape index (κ1) is 18.5. The lowest BCUT2D eigenvalue weighted by atomic mass is 10.1. The largest absolute Gasteiger partial charge is 0.346 e. The Morgan fingerprint density at radius 1 is 0.900 bits per heavy atom. The van der Waals surface area contributed by atoms with Crippen molar-refractivity contribution >= 4 is 32.0 Å². The van der Waals surface area contributed by atoms with Gasteiger partial charge in [-0.25, -0.2) is 23.4 Å². The summed E-state index contributed by atoms with van der Waals surface area (Å²) in [4.78, 5) is 20.3. The first-order valence-corrected chi connectivity index (χ1v) is 11.1. The van der Waals surface area contributed by atoms with Crippen LogP contribution >= 0.6 is 0 Å². The molecule has 0 aliphatic rings. The Morgan fingerprint density at radius 3 is 2.43 bits per heavy atom. The van der Waals surface area contributed by atoms with E-state index in [2.05, 4.69) is 26.0 Å². The van der Waals surface area contributed by atoms with E-state index in [0.29, 0.717) is 16.2 Å². The first-order valence-electron chi connectivity index (χ1n) is 9.55. The molecule has 0 saturated carbocycles. The maximum atomic E-state index is 12.4. The van der Waals surface area contributed by atoms with Crippen molar-refractivity contribution in [2.45, 2.75) is 24.0 Å². The molecule has 0 radical (unpaired) electrons. The molecule has 0 unspecified atom stereocenters. The van der Waals surface area contributed by atoms with Gasteiger partial charge in [-0.3, -0.25) is 0 Å². The lowest BCUT2D eigenvalue weighted by Crippen LogP contribution is -2.13. The van der Waals surface area contributed by atoms with Crippen LogP contribution in [0.4, 0.5) is 0 Å². The van der Waals surface area contributed by atoms with Crippen molar-refractivity contribution in [2.75, 3.05) is 0 Å². The number of hydrogen-bond acceptors (Lipinski definition) is 5. The number of nitrogens with one attached hydrogen (secondary N) is 2. The van der Waals surface area contributed by atoms with E-state index in [4.69, 9.17) is 4.98 Å². The van der Waals surface area contributed by atoms with Crippen molar-refractivity contribution in [1.82, 2.24) is 24.9 Å². The summed E-state index contributed by atoms with van der Waals surface area (Å²) in [6, 6.07) is 10.8. The van der Waals surface area contributed by atoms with Crippen LogP contribution in [0.1, 0.15) is 13.8 Å². The topological polar surface area (TPSA) is 104 Å². The van der Waals surface area contributed by atoms with Crippen LogP contribution in [-0.2, 0) is 9.84 Å². The Balaban J connectivity index is 1.57.